The largest absolute Gasteiger partial charge is 0.423 e. The Labute approximate surface area is 86.5 Å². The Morgan fingerprint density at radius 2 is 2.20 bits per heavy atom. The number of nitrogens with zero attached hydrogens (tertiary/aromatic N) is 2. The minimum absolute atomic E-state index is 0.195. The van der Waals surface area contributed by atoms with Gasteiger partial charge in [0.15, 0.2) is 5.58 Å². The minimum atomic E-state index is -0.466. The van der Waals surface area contributed by atoms with Crippen molar-refractivity contribution in [3.05, 3.63) is 23.5 Å². The quantitative estimate of drug-likeness (QED) is 0.665. The molecule has 1 heterocycles. The fourth-order valence-corrected chi connectivity index (χ4v) is 1.24. The van der Waals surface area contributed by atoms with Crippen molar-refractivity contribution in [2.75, 3.05) is 19.0 Å². The van der Waals surface area contributed by atoms with E-state index in [9.17, 15) is 4.39 Å². The first-order chi connectivity index (χ1) is 7.11. The second-order valence-corrected chi connectivity index (χ2v) is 3.33. The van der Waals surface area contributed by atoms with E-state index in [-0.39, 0.29) is 5.56 Å². The highest BCUT2D eigenvalue weighted by atomic mass is 19.1. The van der Waals surface area contributed by atoms with Gasteiger partial charge in [-0.3, -0.25) is 0 Å². The van der Waals surface area contributed by atoms with E-state index in [1.807, 2.05) is 0 Å². The first-order valence-electron chi connectivity index (χ1n) is 4.36. The molecule has 0 radical (unpaired) electrons. The standard InChI is InChI=1S/C11H9FN2O/c1-4-7-5-9-10(6-8(7)12)15-11(13-9)14(2)3/h1,5-6H,2-3H3. The summed E-state index contributed by atoms with van der Waals surface area (Å²) < 4.78 is 18.6. The lowest BCUT2D eigenvalue weighted by Gasteiger charge is -2.03. The fraction of sp³-hybridized carbons (Fsp3) is 0.182. The molecule has 0 bridgehead atoms. The van der Waals surface area contributed by atoms with E-state index in [1.165, 1.54) is 12.1 Å². The zero-order valence-electron chi connectivity index (χ0n) is 8.41. The van der Waals surface area contributed by atoms with Crippen LogP contribution >= 0.6 is 0 Å². The van der Waals surface area contributed by atoms with Gasteiger partial charge in [-0.2, -0.15) is 4.98 Å². The summed E-state index contributed by atoms with van der Waals surface area (Å²) >= 11 is 0. The molecular formula is C11H9FN2O. The molecule has 0 aliphatic heterocycles. The van der Waals surface area contributed by atoms with E-state index >= 15 is 0 Å². The van der Waals surface area contributed by atoms with Crippen LogP contribution in [-0.2, 0) is 0 Å². The number of benzene rings is 1. The number of oxazole rings is 1. The highest BCUT2D eigenvalue weighted by molar-refractivity contribution is 5.76. The Morgan fingerprint density at radius 1 is 1.47 bits per heavy atom. The molecule has 0 N–H and O–H groups in total. The molecule has 2 rings (SSSR count). The van der Waals surface area contributed by atoms with E-state index in [1.54, 1.807) is 19.0 Å². The van der Waals surface area contributed by atoms with Gasteiger partial charge in [-0.1, -0.05) is 5.92 Å². The fourth-order valence-electron chi connectivity index (χ4n) is 1.24. The van der Waals surface area contributed by atoms with Crippen LogP contribution in [0.1, 0.15) is 5.56 Å². The first kappa shape index (κ1) is 9.53. The molecule has 0 spiro atoms. The van der Waals surface area contributed by atoms with Crippen molar-refractivity contribution in [2.24, 2.45) is 0 Å². The van der Waals surface area contributed by atoms with Crippen LogP contribution in [-0.4, -0.2) is 19.1 Å². The number of aromatic nitrogens is 1. The first-order valence-corrected chi connectivity index (χ1v) is 4.36. The van der Waals surface area contributed by atoms with E-state index in [4.69, 9.17) is 10.8 Å². The molecule has 0 aliphatic carbocycles. The van der Waals surface area contributed by atoms with Crippen molar-refractivity contribution >= 4 is 17.1 Å². The number of anilines is 1. The molecule has 0 amide bonds. The van der Waals surface area contributed by atoms with Gasteiger partial charge in [0.05, 0.1) is 5.56 Å². The lowest BCUT2D eigenvalue weighted by molar-refractivity contribution is 0.586. The molecule has 0 unspecified atom stereocenters. The summed E-state index contributed by atoms with van der Waals surface area (Å²) in [7, 11) is 3.59. The third-order valence-corrected chi connectivity index (χ3v) is 2.00. The SMILES string of the molecule is C#Cc1cc2nc(N(C)C)oc2cc1F. The maximum Gasteiger partial charge on any atom is 0.297 e. The van der Waals surface area contributed by atoms with Gasteiger partial charge in [-0.05, 0) is 6.07 Å². The van der Waals surface area contributed by atoms with Gasteiger partial charge in [0, 0.05) is 20.2 Å². The predicted molar refractivity (Wildman–Crippen MR) is 56.2 cm³/mol. The van der Waals surface area contributed by atoms with Crippen LogP contribution in [0.4, 0.5) is 10.4 Å². The predicted octanol–water partition coefficient (Wildman–Crippen LogP) is 2.01. The summed E-state index contributed by atoms with van der Waals surface area (Å²) in [6, 6.07) is 3.18. The lowest BCUT2D eigenvalue weighted by Crippen LogP contribution is -2.08. The van der Waals surface area contributed by atoms with Crippen molar-refractivity contribution in [1.29, 1.82) is 0 Å². The molecule has 0 fully saturated rings. The van der Waals surface area contributed by atoms with Gasteiger partial charge < -0.3 is 9.32 Å². The van der Waals surface area contributed by atoms with Crippen molar-refractivity contribution in [3.8, 4) is 12.3 Å². The van der Waals surface area contributed by atoms with E-state index < -0.39 is 5.82 Å². The average molecular weight is 204 g/mol. The van der Waals surface area contributed by atoms with Gasteiger partial charge in [0.25, 0.3) is 6.01 Å². The summed E-state index contributed by atoms with van der Waals surface area (Å²) in [5.41, 5.74) is 1.16. The van der Waals surface area contributed by atoms with Crippen LogP contribution < -0.4 is 4.90 Å². The summed E-state index contributed by atoms with van der Waals surface area (Å²) in [5, 5.41) is 0. The van der Waals surface area contributed by atoms with Gasteiger partial charge in [-0.25, -0.2) is 4.39 Å². The number of terminal acetylenes is 1. The highest BCUT2D eigenvalue weighted by Crippen LogP contribution is 2.23. The molecule has 1 aromatic heterocycles. The Bertz CT molecular complexity index is 551. The lowest BCUT2D eigenvalue weighted by atomic mass is 10.2. The average Bonchev–Trinajstić information content (AvgIpc) is 2.59. The van der Waals surface area contributed by atoms with E-state index in [2.05, 4.69) is 10.9 Å². The zero-order valence-corrected chi connectivity index (χ0v) is 8.41. The van der Waals surface area contributed by atoms with Gasteiger partial charge in [-0.15, -0.1) is 6.42 Å². The molecular weight excluding hydrogens is 195 g/mol. The zero-order chi connectivity index (χ0) is 11.0. The van der Waals surface area contributed by atoms with E-state index in [0.29, 0.717) is 17.1 Å². The van der Waals surface area contributed by atoms with Crippen molar-refractivity contribution in [1.82, 2.24) is 4.98 Å². The number of hydrogen-bond donors (Lipinski definition) is 0. The molecule has 76 valence electrons. The molecule has 4 heteroatoms. The molecule has 3 nitrogen and oxygen atoms in total. The van der Waals surface area contributed by atoms with Gasteiger partial charge >= 0.3 is 0 Å². The molecule has 0 atom stereocenters. The van der Waals surface area contributed by atoms with Crippen LogP contribution in [0.3, 0.4) is 0 Å². The van der Waals surface area contributed by atoms with Crippen LogP contribution in [0.2, 0.25) is 0 Å². The molecule has 15 heavy (non-hydrogen) atoms. The summed E-state index contributed by atoms with van der Waals surface area (Å²) in [4.78, 5) is 5.86. The minimum Gasteiger partial charge on any atom is -0.423 e. The molecule has 1 aromatic carbocycles. The molecule has 2 aromatic rings. The summed E-state index contributed by atoms with van der Waals surface area (Å²) in [6.07, 6.45) is 5.15. The van der Waals surface area contributed by atoms with Crippen LogP contribution in [0, 0.1) is 18.2 Å². The Balaban J connectivity index is 2.68. The van der Waals surface area contributed by atoms with Gasteiger partial charge in [0.1, 0.15) is 11.3 Å². The second-order valence-electron chi connectivity index (χ2n) is 3.33. The molecule has 0 saturated carbocycles. The molecule has 0 saturated heterocycles. The van der Waals surface area contributed by atoms with Crippen molar-refractivity contribution in [3.63, 3.8) is 0 Å². The maximum absolute atomic E-state index is 13.3. The second kappa shape index (κ2) is 3.28. The van der Waals surface area contributed by atoms with Gasteiger partial charge in [0.2, 0.25) is 0 Å². The summed E-state index contributed by atoms with van der Waals surface area (Å²) in [5.74, 6) is 1.79. The van der Waals surface area contributed by atoms with Crippen molar-refractivity contribution in [2.45, 2.75) is 0 Å². The Kier molecular flexibility index (Phi) is 2.09. The smallest absolute Gasteiger partial charge is 0.297 e. The Hall–Kier alpha value is -2.02. The van der Waals surface area contributed by atoms with E-state index in [0.717, 1.165) is 0 Å². The van der Waals surface area contributed by atoms with Crippen LogP contribution in [0.5, 0.6) is 0 Å². The number of hydrogen-bond acceptors (Lipinski definition) is 3. The van der Waals surface area contributed by atoms with Crippen LogP contribution in [0.25, 0.3) is 11.1 Å². The Morgan fingerprint density at radius 3 is 2.80 bits per heavy atom. The third-order valence-electron chi connectivity index (χ3n) is 2.00. The van der Waals surface area contributed by atoms with Crippen LogP contribution in [0.15, 0.2) is 16.5 Å². The normalized spacial score (nSPS) is 10.3. The summed E-state index contributed by atoms with van der Waals surface area (Å²) in [6.45, 7) is 0. The number of fused-ring (bicyclic) bond motifs is 1. The third kappa shape index (κ3) is 1.52. The number of halogens is 1. The monoisotopic (exact) mass is 204 g/mol. The number of rotatable bonds is 1. The maximum atomic E-state index is 13.3. The molecule has 0 aliphatic rings. The van der Waals surface area contributed by atoms with Crippen molar-refractivity contribution < 1.29 is 8.81 Å². The topological polar surface area (TPSA) is 29.3 Å². The highest BCUT2D eigenvalue weighted by Gasteiger charge is 2.10.